The molecule has 2 aromatic heterocycles. The van der Waals surface area contributed by atoms with E-state index in [2.05, 4.69) is 55.8 Å². The summed E-state index contributed by atoms with van der Waals surface area (Å²) in [6.07, 6.45) is 6.97. The molecule has 0 bridgehead atoms. The minimum Gasteiger partial charge on any atom is -0.345 e. The summed E-state index contributed by atoms with van der Waals surface area (Å²) >= 11 is 0. The van der Waals surface area contributed by atoms with Gasteiger partial charge in [0.25, 0.3) is 0 Å². The van der Waals surface area contributed by atoms with Crippen LogP contribution >= 0.6 is 0 Å². The monoisotopic (exact) mass is 357 g/mol. The van der Waals surface area contributed by atoms with Gasteiger partial charge >= 0.3 is 0 Å². The van der Waals surface area contributed by atoms with Crippen LogP contribution in [0.15, 0.2) is 42.7 Å². The normalized spacial score (nSPS) is 18.5. The zero-order valence-corrected chi connectivity index (χ0v) is 15.4. The highest BCUT2D eigenvalue weighted by molar-refractivity contribution is 5.86. The average molecular weight is 357 g/mol. The van der Waals surface area contributed by atoms with Crippen molar-refractivity contribution < 1.29 is 0 Å². The standard InChI is InChI=1S/C22H23N5/c1-2-17(3-1)26-9-8-22-25-20-13-16(5-7-21(20)27(22)11-10-26)15-4-6-18-19(12-15)24-14-23-18/h4-7,12-14,17H,1-3,8-11H2,(H,23,24). The van der Waals surface area contributed by atoms with Crippen molar-refractivity contribution in [3.63, 3.8) is 0 Å². The molecule has 136 valence electrons. The predicted octanol–water partition coefficient (Wildman–Crippen LogP) is 3.99. The highest BCUT2D eigenvalue weighted by Crippen LogP contribution is 2.29. The van der Waals surface area contributed by atoms with Gasteiger partial charge < -0.3 is 9.55 Å². The molecule has 1 aliphatic heterocycles. The van der Waals surface area contributed by atoms with Crippen LogP contribution in [0.4, 0.5) is 0 Å². The molecule has 2 aromatic carbocycles. The number of benzene rings is 2. The Morgan fingerprint density at radius 1 is 0.926 bits per heavy atom. The predicted molar refractivity (Wildman–Crippen MR) is 108 cm³/mol. The van der Waals surface area contributed by atoms with Crippen LogP contribution in [-0.2, 0) is 13.0 Å². The molecular formula is C22H23N5. The second-order valence-corrected chi connectivity index (χ2v) is 7.89. The molecule has 5 nitrogen and oxygen atoms in total. The first kappa shape index (κ1) is 15.4. The molecule has 0 amide bonds. The molecule has 2 aliphatic rings. The summed E-state index contributed by atoms with van der Waals surface area (Å²) in [6, 6.07) is 13.9. The van der Waals surface area contributed by atoms with E-state index in [0.29, 0.717) is 0 Å². The lowest BCUT2D eigenvalue weighted by Crippen LogP contribution is -2.41. The first-order valence-electron chi connectivity index (χ1n) is 10.0. The molecular weight excluding hydrogens is 334 g/mol. The number of nitrogens with zero attached hydrogens (tertiary/aromatic N) is 4. The summed E-state index contributed by atoms with van der Waals surface area (Å²) in [5.74, 6) is 1.24. The van der Waals surface area contributed by atoms with Gasteiger partial charge in [0.1, 0.15) is 5.82 Å². The zero-order chi connectivity index (χ0) is 17.8. The van der Waals surface area contributed by atoms with Gasteiger partial charge in [-0.1, -0.05) is 18.6 Å². The Labute approximate surface area is 158 Å². The number of fused-ring (bicyclic) bond motifs is 4. The van der Waals surface area contributed by atoms with Gasteiger partial charge in [0, 0.05) is 32.1 Å². The number of aromatic nitrogens is 4. The van der Waals surface area contributed by atoms with E-state index in [1.54, 1.807) is 6.33 Å². The van der Waals surface area contributed by atoms with Crippen molar-refractivity contribution in [3.8, 4) is 11.1 Å². The van der Waals surface area contributed by atoms with E-state index in [0.717, 1.165) is 48.6 Å². The Bertz CT molecular complexity index is 1130. The van der Waals surface area contributed by atoms with Crippen LogP contribution in [0.2, 0.25) is 0 Å². The maximum atomic E-state index is 5.01. The number of hydrogen-bond donors (Lipinski definition) is 1. The van der Waals surface area contributed by atoms with Gasteiger partial charge in [0.2, 0.25) is 0 Å². The Balaban J connectivity index is 1.35. The highest BCUT2D eigenvalue weighted by Gasteiger charge is 2.27. The molecule has 1 N–H and O–H groups in total. The molecule has 3 heterocycles. The summed E-state index contributed by atoms with van der Waals surface area (Å²) in [6.45, 7) is 3.36. The third kappa shape index (κ3) is 2.49. The first-order chi connectivity index (χ1) is 13.3. The van der Waals surface area contributed by atoms with E-state index < -0.39 is 0 Å². The van der Waals surface area contributed by atoms with Crippen LogP contribution in [0.5, 0.6) is 0 Å². The highest BCUT2D eigenvalue weighted by atomic mass is 15.2. The molecule has 1 aliphatic carbocycles. The van der Waals surface area contributed by atoms with Crippen LogP contribution in [-0.4, -0.2) is 43.6 Å². The molecule has 0 radical (unpaired) electrons. The minimum atomic E-state index is 0.824. The van der Waals surface area contributed by atoms with Crippen LogP contribution in [0.1, 0.15) is 25.1 Å². The molecule has 0 saturated heterocycles. The first-order valence-corrected chi connectivity index (χ1v) is 10.0. The number of H-pyrrole nitrogens is 1. The molecule has 0 unspecified atom stereocenters. The summed E-state index contributed by atoms with van der Waals surface area (Å²) in [5.41, 5.74) is 6.88. The number of nitrogens with one attached hydrogen (secondary N) is 1. The van der Waals surface area contributed by atoms with Crippen molar-refractivity contribution in [2.24, 2.45) is 0 Å². The molecule has 1 saturated carbocycles. The van der Waals surface area contributed by atoms with Gasteiger partial charge in [-0.25, -0.2) is 9.97 Å². The molecule has 1 fully saturated rings. The number of hydrogen-bond acceptors (Lipinski definition) is 3. The van der Waals surface area contributed by atoms with E-state index in [9.17, 15) is 0 Å². The molecule has 5 heteroatoms. The molecule has 0 atom stereocenters. The van der Waals surface area contributed by atoms with E-state index in [4.69, 9.17) is 4.98 Å². The fraction of sp³-hybridized carbons (Fsp3) is 0.364. The quantitative estimate of drug-likeness (QED) is 0.590. The largest absolute Gasteiger partial charge is 0.345 e. The smallest absolute Gasteiger partial charge is 0.111 e. The van der Waals surface area contributed by atoms with E-state index in [-0.39, 0.29) is 0 Å². The number of aromatic amines is 1. The van der Waals surface area contributed by atoms with Crippen molar-refractivity contribution in [3.05, 3.63) is 48.5 Å². The van der Waals surface area contributed by atoms with Crippen molar-refractivity contribution in [2.75, 3.05) is 13.1 Å². The Morgan fingerprint density at radius 2 is 1.81 bits per heavy atom. The van der Waals surface area contributed by atoms with Crippen LogP contribution < -0.4 is 0 Å². The Morgan fingerprint density at radius 3 is 2.70 bits per heavy atom. The molecule has 4 aromatic rings. The second-order valence-electron chi connectivity index (χ2n) is 7.89. The second kappa shape index (κ2) is 5.92. The average Bonchev–Trinajstić information content (AvgIpc) is 3.20. The van der Waals surface area contributed by atoms with Crippen LogP contribution in [0.3, 0.4) is 0 Å². The third-order valence-corrected chi connectivity index (χ3v) is 6.41. The maximum absolute atomic E-state index is 5.01. The van der Waals surface area contributed by atoms with Gasteiger partial charge in [-0.2, -0.15) is 0 Å². The minimum absolute atomic E-state index is 0.824. The summed E-state index contributed by atoms with van der Waals surface area (Å²) in [4.78, 5) is 15.2. The van der Waals surface area contributed by atoms with E-state index >= 15 is 0 Å². The molecule has 27 heavy (non-hydrogen) atoms. The van der Waals surface area contributed by atoms with Gasteiger partial charge in [0.05, 0.1) is 28.4 Å². The Hall–Kier alpha value is -2.66. The lowest BCUT2D eigenvalue weighted by atomic mass is 9.91. The van der Waals surface area contributed by atoms with Crippen molar-refractivity contribution >= 4 is 22.1 Å². The SMILES string of the molecule is c1nc2ccc(-c3ccc4c(c3)nc3n4CCN(C4CCC4)CC3)cc2[nH]1. The van der Waals surface area contributed by atoms with Crippen LogP contribution in [0, 0.1) is 0 Å². The van der Waals surface area contributed by atoms with E-state index in [1.165, 1.54) is 41.7 Å². The summed E-state index contributed by atoms with van der Waals surface area (Å²) < 4.78 is 2.44. The lowest BCUT2D eigenvalue weighted by molar-refractivity contribution is 0.130. The summed E-state index contributed by atoms with van der Waals surface area (Å²) in [5, 5.41) is 0. The van der Waals surface area contributed by atoms with Gasteiger partial charge in [0.15, 0.2) is 0 Å². The molecule has 6 rings (SSSR count). The zero-order valence-electron chi connectivity index (χ0n) is 15.4. The summed E-state index contributed by atoms with van der Waals surface area (Å²) in [7, 11) is 0. The Kier molecular flexibility index (Phi) is 3.38. The van der Waals surface area contributed by atoms with Gasteiger partial charge in [-0.15, -0.1) is 0 Å². The fourth-order valence-electron chi connectivity index (χ4n) is 4.62. The maximum Gasteiger partial charge on any atom is 0.111 e. The molecule has 0 spiro atoms. The van der Waals surface area contributed by atoms with Crippen molar-refractivity contribution in [2.45, 2.75) is 38.3 Å². The number of rotatable bonds is 2. The van der Waals surface area contributed by atoms with Gasteiger partial charge in [-0.3, -0.25) is 4.90 Å². The lowest BCUT2D eigenvalue weighted by Gasteiger charge is -2.36. The fourth-order valence-corrected chi connectivity index (χ4v) is 4.62. The van der Waals surface area contributed by atoms with E-state index in [1.807, 2.05) is 0 Å². The van der Waals surface area contributed by atoms with Crippen LogP contribution in [0.25, 0.3) is 33.2 Å². The number of imidazole rings is 2. The third-order valence-electron chi connectivity index (χ3n) is 6.41. The van der Waals surface area contributed by atoms with Crippen molar-refractivity contribution in [1.82, 2.24) is 24.4 Å². The van der Waals surface area contributed by atoms with Crippen molar-refractivity contribution in [1.29, 1.82) is 0 Å². The topological polar surface area (TPSA) is 49.7 Å². The van der Waals surface area contributed by atoms with Gasteiger partial charge in [-0.05, 0) is 48.2 Å².